The van der Waals surface area contributed by atoms with Gasteiger partial charge in [0.2, 0.25) is 0 Å². The van der Waals surface area contributed by atoms with Crippen molar-refractivity contribution in [3.8, 4) is 11.8 Å². The maximum atomic E-state index is 11.6. The van der Waals surface area contributed by atoms with Crippen LogP contribution in [0.5, 0.6) is 0 Å². The smallest absolute Gasteiger partial charge is 0.340 e. The lowest BCUT2D eigenvalue weighted by atomic mass is 10.2. The standard InChI is InChI=1S/C16H12ClNO2S/c1-20-16(19)14-11-18-9-8-15(14)21-10-2-3-12-4-6-13(17)7-5-12/h4-9,11H,10H2,1H3. The third-order valence-electron chi connectivity index (χ3n) is 2.56. The van der Waals surface area contributed by atoms with Crippen molar-refractivity contribution in [3.63, 3.8) is 0 Å². The molecule has 0 aliphatic heterocycles. The Hall–Kier alpha value is -1.96. The first-order valence-corrected chi connectivity index (χ1v) is 7.46. The minimum Gasteiger partial charge on any atom is -0.465 e. The molecule has 3 nitrogen and oxygen atoms in total. The monoisotopic (exact) mass is 317 g/mol. The van der Waals surface area contributed by atoms with Crippen LogP contribution in [-0.4, -0.2) is 23.8 Å². The molecule has 0 unspecified atom stereocenters. The van der Waals surface area contributed by atoms with Crippen molar-refractivity contribution in [1.29, 1.82) is 0 Å². The van der Waals surface area contributed by atoms with Gasteiger partial charge in [0.1, 0.15) is 0 Å². The molecule has 0 saturated heterocycles. The number of halogens is 1. The molecular formula is C16H12ClNO2S. The summed E-state index contributed by atoms with van der Waals surface area (Å²) in [5.74, 6) is 6.27. The van der Waals surface area contributed by atoms with Gasteiger partial charge in [0.05, 0.1) is 18.4 Å². The zero-order valence-electron chi connectivity index (χ0n) is 11.3. The zero-order valence-corrected chi connectivity index (χ0v) is 12.9. The molecule has 0 aliphatic rings. The minimum absolute atomic E-state index is 0.392. The molecule has 5 heteroatoms. The van der Waals surface area contributed by atoms with E-state index in [4.69, 9.17) is 16.3 Å². The van der Waals surface area contributed by atoms with E-state index in [2.05, 4.69) is 16.8 Å². The molecule has 21 heavy (non-hydrogen) atoms. The number of pyridine rings is 1. The summed E-state index contributed by atoms with van der Waals surface area (Å²) in [4.78, 5) is 16.3. The third kappa shape index (κ3) is 4.52. The second-order valence-corrected chi connectivity index (χ2v) is 5.41. The summed E-state index contributed by atoms with van der Waals surface area (Å²) in [6.45, 7) is 0. The molecule has 2 rings (SSSR count). The van der Waals surface area contributed by atoms with Crippen molar-refractivity contribution in [3.05, 3.63) is 58.9 Å². The number of nitrogens with zero attached hydrogens (tertiary/aromatic N) is 1. The fraction of sp³-hybridized carbons (Fsp3) is 0.125. The largest absolute Gasteiger partial charge is 0.465 e. The number of hydrogen-bond acceptors (Lipinski definition) is 4. The van der Waals surface area contributed by atoms with Crippen LogP contribution in [0.1, 0.15) is 15.9 Å². The number of carbonyl (C=O) groups is 1. The van der Waals surface area contributed by atoms with E-state index in [1.54, 1.807) is 24.4 Å². The van der Waals surface area contributed by atoms with Crippen molar-refractivity contribution < 1.29 is 9.53 Å². The molecule has 0 saturated carbocycles. The quantitative estimate of drug-likeness (QED) is 0.492. The van der Waals surface area contributed by atoms with Crippen molar-refractivity contribution in [1.82, 2.24) is 4.98 Å². The maximum absolute atomic E-state index is 11.6. The van der Waals surface area contributed by atoms with Crippen LogP contribution in [0.15, 0.2) is 47.6 Å². The van der Waals surface area contributed by atoms with Gasteiger partial charge in [-0.25, -0.2) is 4.79 Å². The van der Waals surface area contributed by atoms with Gasteiger partial charge in [0.15, 0.2) is 0 Å². The summed E-state index contributed by atoms with van der Waals surface area (Å²) in [6, 6.07) is 9.12. The van der Waals surface area contributed by atoms with E-state index in [1.807, 2.05) is 12.1 Å². The van der Waals surface area contributed by atoms with E-state index >= 15 is 0 Å². The fourth-order valence-corrected chi connectivity index (χ4v) is 2.43. The SMILES string of the molecule is COC(=O)c1cnccc1SCC#Cc1ccc(Cl)cc1. The molecule has 0 bridgehead atoms. The van der Waals surface area contributed by atoms with E-state index in [1.165, 1.54) is 25.1 Å². The number of benzene rings is 1. The van der Waals surface area contributed by atoms with Gasteiger partial charge >= 0.3 is 5.97 Å². The normalized spacial score (nSPS) is 9.62. The Balaban J connectivity index is 2.01. The second-order valence-electron chi connectivity index (χ2n) is 3.96. The molecule has 0 aliphatic carbocycles. The predicted molar refractivity (Wildman–Crippen MR) is 84.6 cm³/mol. The summed E-state index contributed by atoms with van der Waals surface area (Å²) in [6.07, 6.45) is 3.14. The van der Waals surface area contributed by atoms with Crippen LogP contribution < -0.4 is 0 Å². The Morgan fingerprint density at radius 1 is 1.33 bits per heavy atom. The molecular weight excluding hydrogens is 306 g/mol. The predicted octanol–water partition coefficient (Wildman–Crippen LogP) is 3.67. The number of methoxy groups -OCH3 is 1. The Morgan fingerprint density at radius 3 is 2.81 bits per heavy atom. The van der Waals surface area contributed by atoms with Crippen LogP contribution >= 0.6 is 23.4 Å². The first kappa shape index (κ1) is 15.4. The first-order valence-electron chi connectivity index (χ1n) is 6.10. The highest BCUT2D eigenvalue weighted by atomic mass is 35.5. The Labute approximate surface area is 132 Å². The molecule has 1 aromatic heterocycles. The third-order valence-corrected chi connectivity index (χ3v) is 3.77. The van der Waals surface area contributed by atoms with Crippen LogP contribution in [-0.2, 0) is 4.74 Å². The van der Waals surface area contributed by atoms with Crippen molar-refractivity contribution >= 4 is 29.3 Å². The fourth-order valence-electron chi connectivity index (χ4n) is 1.56. The van der Waals surface area contributed by atoms with Crippen molar-refractivity contribution in [2.75, 3.05) is 12.9 Å². The van der Waals surface area contributed by atoms with Gasteiger partial charge in [-0.15, -0.1) is 11.8 Å². The molecule has 0 fully saturated rings. The summed E-state index contributed by atoms with van der Waals surface area (Å²) < 4.78 is 4.72. The van der Waals surface area contributed by atoms with Crippen molar-refractivity contribution in [2.24, 2.45) is 0 Å². The number of thioether (sulfide) groups is 1. The summed E-state index contributed by atoms with van der Waals surface area (Å²) >= 11 is 7.28. The lowest BCUT2D eigenvalue weighted by Gasteiger charge is -2.04. The van der Waals surface area contributed by atoms with Crippen LogP contribution in [0.3, 0.4) is 0 Å². The van der Waals surface area contributed by atoms with Crippen LogP contribution in [0.25, 0.3) is 0 Å². The van der Waals surface area contributed by atoms with Crippen LogP contribution in [0.4, 0.5) is 0 Å². The van der Waals surface area contributed by atoms with Gasteiger partial charge in [-0.3, -0.25) is 4.98 Å². The second kappa shape index (κ2) is 7.72. The van der Waals surface area contributed by atoms with E-state index in [-0.39, 0.29) is 0 Å². The average Bonchev–Trinajstić information content (AvgIpc) is 2.53. The highest BCUT2D eigenvalue weighted by molar-refractivity contribution is 7.99. The minimum atomic E-state index is -0.392. The summed E-state index contributed by atoms with van der Waals surface area (Å²) in [5, 5.41) is 0.689. The molecule has 106 valence electrons. The molecule has 0 radical (unpaired) electrons. The molecule has 0 amide bonds. The number of carbonyl (C=O) groups excluding carboxylic acids is 1. The first-order chi connectivity index (χ1) is 10.2. The summed E-state index contributed by atoms with van der Waals surface area (Å²) in [5.41, 5.74) is 1.36. The molecule has 1 heterocycles. The molecule has 0 spiro atoms. The zero-order chi connectivity index (χ0) is 15.1. The van der Waals surface area contributed by atoms with Gasteiger partial charge in [-0.05, 0) is 30.3 Å². The average molecular weight is 318 g/mol. The van der Waals surface area contributed by atoms with Crippen molar-refractivity contribution in [2.45, 2.75) is 4.90 Å². The van der Waals surface area contributed by atoms with E-state index in [9.17, 15) is 4.79 Å². The van der Waals surface area contributed by atoms with Gasteiger partial charge < -0.3 is 4.74 Å². The summed E-state index contributed by atoms with van der Waals surface area (Å²) in [7, 11) is 1.35. The number of esters is 1. The van der Waals surface area contributed by atoms with Crippen LogP contribution in [0, 0.1) is 11.8 Å². The number of rotatable bonds is 3. The Bertz CT molecular complexity index is 689. The number of ether oxygens (including phenoxy) is 1. The van der Waals surface area contributed by atoms with Gasteiger partial charge in [-0.1, -0.05) is 23.4 Å². The van der Waals surface area contributed by atoms with Crippen LogP contribution in [0.2, 0.25) is 5.02 Å². The molecule has 0 N–H and O–H groups in total. The number of hydrogen-bond donors (Lipinski definition) is 0. The maximum Gasteiger partial charge on any atom is 0.340 e. The Kier molecular flexibility index (Phi) is 5.68. The van der Waals surface area contributed by atoms with Gasteiger partial charge in [0, 0.05) is 27.9 Å². The van der Waals surface area contributed by atoms with E-state index in [0.717, 1.165) is 10.5 Å². The van der Waals surface area contributed by atoms with E-state index in [0.29, 0.717) is 16.3 Å². The highest BCUT2D eigenvalue weighted by Gasteiger charge is 2.11. The lowest BCUT2D eigenvalue weighted by Crippen LogP contribution is -2.03. The van der Waals surface area contributed by atoms with E-state index < -0.39 is 5.97 Å². The highest BCUT2D eigenvalue weighted by Crippen LogP contribution is 2.21. The molecule has 1 aromatic carbocycles. The molecule has 2 aromatic rings. The number of aromatic nitrogens is 1. The topological polar surface area (TPSA) is 39.2 Å². The molecule has 0 atom stereocenters. The van der Waals surface area contributed by atoms with Gasteiger partial charge in [0.25, 0.3) is 0 Å². The van der Waals surface area contributed by atoms with Gasteiger partial charge in [-0.2, -0.15) is 0 Å². The Morgan fingerprint density at radius 2 is 2.10 bits per heavy atom. The lowest BCUT2D eigenvalue weighted by molar-refractivity contribution is 0.0596.